The number of carboxylic acid groups (broad SMARTS) is 1. The highest BCUT2D eigenvalue weighted by Gasteiger charge is 2.18. The molecule has 0 fully saturated rings. The standard InChI is InChI=1S/C17H25NO4/c1-12(2)9-10-22-15-7-5-14(6-8-15)16(19)18(4)11-13(3)17(20)21/h5-8,12-13H,9-11H2,1-4H3,(H,20,21). The third-order valence-corrected chi connectivity index (χ3v) is 3.38. The summed E-state index contributed by atoms with van der Waals surface area (Å²) in [5.41, 5.74) is 0.524. The quantitative estimate of drug-likeness (QED) is 0.802. The first-order valence-corrected chi connectivity index (χ1v) is 7.52. The van der Waals surface area contributed by atoms with E-state index < -0.39 is 11.9 Å². The molecule has 5 heteroatoms. The van der Waals surface area contributed by atoms with Crippen LogP contribution in [0.5, 0.6) is 5.75 Å². The number of nitrogens with zero attached hydrogens (tertiary/aromatic N) is 1. The number of hydrogen-bond donors (Lipinski definition) is 1. The van der Waals surface area contributed by atoms with Crippen molar-refractivity contribution in [2.24, 2.45) is 11.8 Å². The van der Waals surface area contributed by atoms with Crippen molar-refractivity contribution in [2.75, 3.05) is 20.2 Å². The van der Waals surface area contributed by atoms with Crippen molar-refractivity contribution < 1.29 is 19.4 Å². The van der Waals surface area contributed by atoms with Crippen LogP contribution in [0, 0.1) is 11.8 Å². The first-order chi connectivity index (χ1) is 10.3. The molecule has 122 valence electrons. The van der Waals surface area contributed by atoms with Crippen LogP contribution in [0.1, 0.15) is 37.6 Å². The molecular formula is C17H25NO4. The van der Waals surface area contributed by atoms with Crippen LogP contribution < -0.4 is 4.74 Å². The number of benzene rings is 1. The van der Waals surface area contributed by atoms with Crippen LogP contribution in [0.25, 0.3) is 0 Å². The zero-order chi connectivity index (χ0) is 16.7. The van der Waals surface area contributed by atoms with Crippen LogP contribution in [0.4, 0.5) is 0 Å². The fourth-order valence-electron chi connectivity index (χ4n) is 1.90. The normalized spacial score (nSPS) is 12.0. The van der Waals surface area contributed by atoms with Crippen molar-refractivity contribution in [1.82, 2.24) is 4.90 Å². The second kappa shape index (κ2) is 8.41. The Labute approximate surface area is 131 Å². The van der Waals surface area contributed by atoms with E-state index in [0.29, 0.717) is 18.1 Å². The van der Waals surface area contributed by atoms with Crippen molar-refractivity contribution in [3.05, 3.63) is 29.8 Å². The lowest BCUT2D eigenvalue weighted by Crippen LogP contribution is -2.33. The largest absolute Gasteiger partial charge is 0.494 e. The molecule has 1 aromatic rings. The van der Waals surface area contributed by atoms with Gasteiger partial charge in [0.2, 0.25) is 0 Å². The number of amides is 1. The van der Waals surface area contributed by atoms with Gasteiger partial charge in [0.05, 0.1) is 12.5 Å². The Bertz CT molecular complexity index is 496. The van der Waals surface area contributed by atoms with Gasteiger partial charge < -0.3 is 14.7 Å². The summed E-state index contributed by atoms with van der Waals surface area (Å²) in [6.07, 6.45) is 0.983. The Morgan fingerprint density at radius 1 is 1.18 bits per heavy atom. The Balaban J connectivity index is 2.58. The summed E-state index contributed by atoms with van der Waals surface area (Å²) < 4.78 is 5.61. The van der Waals surface area contributed by atoms with E-state index in [1.807, 2.05) is 0 Å². The molecule has 0 aliphatic rings. The van der Waals surface area contributed by atoms with Crippen molar-refractivity contribution in [1.29, 1.82) is 0 Å². The van der Waals surface area contributed by atoms with E-state index in [0.717, 1.165) is 12.2 Å². The summed E-state index contributed by atoms with van der Waals surface area (Å²) in [6.45, 7) is 6.69. The SMILES string of the molecule is CC(C)CCOc1ccc(C(=O)N(C)CC(C)C(=O)O)cc1. The Morgan fingerprint density at radius 2 is 1.77 bits per heavy atom. The molecule has 22 heavy (non-hydrogen) atoms. The van der Waals surface area contributed by atoms with E-state index in [1.54, 1.807) is 38.2 Å². The molecule has 0 saturated carbocycles. The minimum atomic E-state index is -0.909. The lowest BCUT2D eigenvalue weighted by Gasteiger charge is -2.19. The molecule has 1 rings (SSSR count). The first kappa shape index (κ1) is 18.0. The van der Waals surface area contributed by atoms with E-state index in [9.17, 15) is 9.59 Å². The first-order valence-electron chi connectivity index (χ1n) is 7.52. The molecule has 0 spiro atoms. The van der Waals surface area contributed by atoms with E-state index >= 15 is 0 Å². The van der Waals surface area contributed by atoms with Gasteiger partial charge in [-0.3, -0.25) is 9.59 Å². The second-order valence-corrected chi connectivity index (χ2v) is 5.98. The predicted molar refractivity (Wildman–Crippen MR) is 85.2 cm³/mol. The second-order valence-electron chi connectivity index (χ2n) is 5.98. The zero-order valence-electron chi connectivity index (χ0n) is 13.7. The number of carbonyl (C=O) groups is 2. The number of hydrogen-bond acceptors (Lipinski definition) is 3. The van der Waals surface area contributed by atoms with Gasteiger partial charge in [0, 0.05) is 19.2 Å². The smallest absolute Gasteiger partial charge is 0.308 e. The molecule has 0 heterocycles. The fraction of sp³-hybridized carbons (Fsp3) is 0.529. The lowest BCUT2D eigenvalue weighted by atomic mass is 10.1. The average Bonchev–Trinajstić information content (AvgIpc) is 2.46. The number of carboxylic acids is 1. The average molecular weight is 307 g/mol. The number of aliphatic carboxylic acids is 1. The maximum absolute atomic E-state index is 12.2. The van der Waals surface area contributed by atoms with Gasteiger partial charge in [-0.05, 0) is 36.6 Å². The van der Waals surface area contributed by atoms with Gasteiger partial charge in [-0.2, -0.15) is 0 Å². The summed E-state index contributed by atoms with van der Waals surface area (Å²) in [6, 6.07) is 6.94. The van der Waals surface area contributed by atoms with Crippen LogP contribution in [-0.2, 0) is 4.79 Å². The summed E-state index contributed by atoms with van der Waals surface area (Å²) in [5.74, 6) is -0.368. The van der Waals surface area contributed by atoms with Gasteiger partial charge in [0.25, 0.3) is 5.91 Å². The van der Waals surface area contributed by atoms with E-state index in [1.165, 1.54) is 4.90 Å². The Morgan fingerprint density at radius 3 is 2.27 bits per heavy atom. The van der Waals surface area contributed by atoms with Crippen LogP contribution in [0.3, 0.4) is 0 Å². The molecule has 0 radical (unpaired) electrons. The van der Waals surface area contributed by atoms with Gasteiger partial charge in [-0.1, -0.05) is 20.8 Å². The maximum Gasteiger partial charge on any atom is 0.308 e. The third kappa shape index (κ3) is 5.76. The highest BCUT2D eigenvalue weighted by Crippen LogP contribution is 2.15. The summed E-state index contributed by atoms with van der Waals surface area (Å²) >= 11 is 0. The molecule has 0 aliphatic carbocycles. The van der Waals surface area contributed by atoms with Crippen LogP contribution in [-0.4, -0.2) is 42.1 Å². The summed E-state index contributed by atoms with van der Waals surface area (Å²) in [5, 5.41) is 8.89. The molecule has 1 aromatic carbocycles. The molecule has 0 saturated heterocycles. The molecule has 0 bridgehead atoms. The zero-order valence-corrected chi connectivity index (χ0v) is 13.7. The number of ether oxygens (including phenoxy) is 1. The number of rotatable bonds is 8. The van der Waals surface area contributed by atoms with Crippen LogP contribution in [0.2, 0.25) is 0 Å². The van der Waals surface area contributed by atoms with E-state index in [2.05, 4.69) is 13.8 Å². The minimum Gasteiger partial charge on any atom is -0.494 e. The minimum absolute atomic E-state index is 0.181. The highest BCUT2D eigenvalue weighted by atomic mass is 16.5. The Hall–Kier alpha value is -2.04. The molecule has 1 atom stereocenters. The van der Waals surface area contributed by atoms with Crippen LogP contribution in [0.15, 0.2) is 24.3 Å². The molecule has 0 aliphatic heterocycles. The van der Waals surface area contributed by atoms with Crippen molar-refractivity contribution in [3.8, 4) is 5.75 Å². The van der Waals surface area contributed by atoms with E-state index in [4.69, 9.17) is 9.84 Å². The molecule has 0 aromatic heterocycles. The number of carbonyl (C=O) groups excluding carboxylic acids is 1. The Kier molecular flexibility index (Phi) is 6.89. The molecular weight excluding hydrogens is 282 g/mol. The molecule has 5 nitrogen and oxygen atoms in total. The molecule has 1 N–H and O–H groups in total. The van der Waals surface area contributed by atoms with Gasteiger partial charge in [0.1, 0.15) is 5.75 Å². The topological polar surface area (TPSA) is 66.8 Å². The fourth-order valence-corrected chi connectivity index (χ4v) is 1.90. The summed E-state index contributed by atoms with van der Waals surface area (Å²) in [7, 11) is 1.61. The maximum atomic E-state index is 12.2. The van der Waals surface area contributed by atoms with Crippen molar-refractivity contribution >= 4 is 11.9 Å². The monoisotopic (exact) mass is 307 g/mol. The van der Waals surface area contributed by atoms with Crippen molar-refractivity contribution in [3.63, 3.8) is 0 Å². The van der Waals surface area contributed by atoms with Crippen LogP contribution >= 0.6 is 0 Å². The lowest BCUT2D eigenvalue weighted by molar-refractivity contribution is -0.141. The van der Waals surface area contributed by atoms with Gasteiger partial charge >= 0.3 is 5.97 Å². The van der Waals surface area contributed by atoms with Gasteiger partial charge in [0.15, 0.2) is 0 Å². The van der Waals surface area contributed by atoms with Crippen molar-refractivity contribution in [2.45, 2.75) is 27.2 Å². The highest BCUT2D eigenvalue weighted by molar-refractivity contribution is 5.94. The van der Waals surface area contributed by atoms with Gasteiger partial charge in [-0.25, -0.2) is 0 Å². The molecule has 1 unspecified atom stereocenters. The van der Waals surface area contributed by atoms with E-state index in [-0.39, 0.29) is 12.5 Å². The molecule has 1 amide bonds. The predicted octanol–water partition coefficient (Wildman–Crippen LogP) is 2.90. The van der Waals surface area contributed by atoms with Gasteiger partial charge in [-0.15, -0.1) is 0 Å². The third-order valence-electron chi connectivity index (χ3n) is 3.38. The summed E-state index contributed by atoms with van der Waals surface area (Å²) in [4.78, 5) is 24.5.